The van der Waals surface area contributed by atoms with Crippen LogP contribution in [-0.4, -0.2) is 87.1 Å². The normalized spacial score (nSPS) is 17.9. The van der Waals surface area contributed by atoms with Crippen molar-refractivity contribution in [1.29, 1.82) is 0 Å². The first-order chi connectivity index (χ1) is 28.5. The van der Waals surface area contributed by atoms with Gasteiger partial charge in [-0.15, -0.1) is 0 Å². The standard InChI is InChI=1S/C48H78NO9P/c1-6-8-10-12-14-16-18-20-21-22-23-24-26-28-30-32-34-38-48(51)57-44(43-56-59(52,53)55-41-40-49(3,4)5)42-54-47(50)39-35-37-46-45(58-46)36-33-31-29-27-25-19-17-15-13-11-9-7-2/h8,10,14-17,20-21,23-25,27-28,30-31,33,44-46H,6-7,9,11-13,18-19,22,26,29,32,34-43H2,1-5H3/p+1/b10-8-,16-14-,17-15-,21-20-,24-23-,27-25-,30-28-,33-31-/t44-,45?,46?/m1/s1. The molecule has 11 heteroatoms. The topological polar surface area (TPSA) is 121 Å². The van der Waals surface area contributed by atoms with E-state index in [1.165, 1.54) is 19.3 Å². The van der Waals surface area contributed by atoms with Gasteiger partial charge in [-0.05, 0) is 89.9 Å². The van der Waals surface area contributed by atoms with Crippen LogP contribution in [0.15, 0.2) is 97.2 Å². The zero-order valence-electron chi connectivity index (χ0n) is 37.1. The molecular formula is C48H79NO9P+. The van der Waals surface area contributed by atoms with Gasteiger partial charge in [0.25, 0.3) is 0 Å². The summed E-state index contributed by atoms with van der Waals surface area (Å²) in [5, 5.41) is 0. The van der Waals surface area contributed by atoms with Crippen LogP contribution in [0.5, 0.6) is 0 Å². The van der Waals surface area contributed by atoms with E-state index in [4.69, 9.17) is 23.3 Å². The van der Waals surface area contributed by atoms with Crippen molar-refractivity contribution in [2.24, 2.45) is 0 Å². The van der Waals surface area contributed by atoms with Crippen molar-refractivity contribution in [3.63, 3.8) is 0 Å². The van der Waals surface area contributed by atoms with E-state index < -0.39 is 32.5 Å². The second-order valence-electron chi connectivity index (χ2n) is 15.7. The number of quaternary nitrogens is 1. The molecule has 0 aromatic heterocycles. The van der Waals surface area contributed by atoms with E-state index >= 15 is 0 Å². The van der Waals surface area contributed by atoms with Gasteiger partial charge in [-0.25, -0.2) is 4.57 Å². The molecule has 0 radical (unpaired) electrons. The predicted molar refractivity (Wildman–Crippen MR) is 242 cm³/mol. The number of epoxide rings is 1. The number of carbonyl (C=O) groups excluding carboxylic acids is 2. The summed E-state index contributed by atoms with van der Waals surface area (Å²) >= 11 is 0. The molecule has 1 aliphatic heterocycles. The lowest BCUT2D eigenvalue weighted by Crippen LogP contribution is -2.37. The number of allylic oxidation sites excluding steroid dienone is 15. The first kappa shape index (κ1) is 53.9. The zero-order valence-corrected chi connectivity index (χ0v) is 38.0. The number of carbonyl (C=O) groups is 2. The van der Waals surface area contributed by atoms with Crippen molar-refractivity contribution < 1.29 is 46.8 Å². The van der Waals surface area contributed by atoms with E-state index in [2.05, 4.69) is 105 Å². The van der Waals surface area contributed by atoms with Gasteiger partial charge in [-0.3, -0.25) is 18.6 Å². The predicted octanol–water partition coefficient (Wildman–Crippen LogP) is 11.6. The quantitative estimate of drug-likeness (QED) is 0.0163. The Morgan fingerprint density at radius 3 is 1.73 bits per heavy atom. The molecule has 59 heavy (non-hydrogen) atoms. The lowest BCUT2D eigenvalue weighted by atomic mass is 10.1. The van der Waals surface area contributed by atoms with E-state index in [1.807, 2.05) is 27.2 Å². The van der Waals surface area contributed by atoms with Crippen LogP contribution in [0.4, 0.5) is 0 Å². The molecule has 3 unspecified atom stereocenters. The molecule has 4 atom stereocenters. The highest BCUT2D eigenvalue weighted by atomic mass is 31.2. The van der Waals surface area contributed by atoms with E-state index in [9.17, 15) is 19.0 Å². The molecule has 334 valence electrons. The summed E-state index contributed by atoms with van der Waals surface area (Å²) < 4.78 is 40.0. The Balaban J connectivity index is 2.40. The number of phosphoric ester groups is 1. The summed E-state index contributed by atoms with van der Waals surface area (Å²) in [5.74, 6) is -0.955. The maximum Gasteiger partial charge on any atom is 0.472 e. The Morgan fingerprint density at radius 2 is 1.17 bits per heavy atom. The van der Waals surface area contributed by atoms with Gasteiger partial charge in [-0.1, -0.05) is 124 Å². The Bertz CT molecular complexity index is 1390. The molecule has 0 amide bonds. The molecule has 1 rings (SSSR count). The van der Waals surface area contributed by atoms with E-state index in [0.29, 0.717) is 30.3 Å². The largest absolute Gasteiger partial charge is 0.472 e. The van der Waals surface area contributed by atoms with E-state index in [0.717, 1.165) is 64.2 Å². The molecule has 0 saturated carbocycles. The van der Waals surface area contributed by atoms with Crippen molar-refractivity contribution in [3.8, 4) is 0 Å². The Morgan fingerprint density at radius 1 is 0.644 bits per heavy atom. The first-order valence-corrected chi connectivity index (χ1v) is 23.6. The highest BCUT2D eigenvalue weighted by molar-refractivity contribution is 7.47. The number of esters is 2. The lowest BCUT2D eigenvalue weighted by Gasteiger charge is -2.24. The minimum Gasteiger partial charge on any atom is -0.462 e. The van der Waals surface area contributed by atoms with Crippen LogP contribution in [0.3, 0.4) is 0 Å². The molecular weight excluding hydrogens is 766 g/mol. The fourth-order valence-electron chi connectivity index (χ4n) is 5.49. The molecule has 0 spiro atoms. The summed E-state index contributed by atoms with van der Waals surface area (Å²) in [6, 6.07) is 0. The van der Waals surface area contributed by atoms with Crippen molar-refractivity contribution in [3.05, 3.63) is 97.2 Å². The van der Waals surface area contributed by atoms with Crippen LogP contribution in [-0.2, 0) is 37.4 Å². The molecule has 1 N–H and O–H groups in total. The minimum absolute atomic E-state index is 0.00305. The van der Waals surface area contributed by atoms with Gasteiger partial charge in [0.2, 0.25) is 0 Å². The lowest BCUT2D eigenvalue weighted by molar-refractivity contribution is -0.870. The second-order valence-corrected chi connectivity index (χ2v) is 17.2. The van der Waals surface area contributed by atoms with Crippen LogP contribution >= 0.6 is 7.82 Å². The Labute approximate surface area is 358 Å². The molecule has 0 aliphatic carbocycles. The average Bonchev–Trinajstić information content (AvgIpc) is 3.94. The highest BCUT2D eigenvalue weighted by Gasteiger charge is 2.36. The van der Waals surface area contributed by atoms with Gasteiger partial charge in [0, 0.05) is 12.8 Å². The zero-order chi connectivity index (χ0) is 43.3. The monoisotopic (exact) mass is 845 g/mol. The van der Waals surface area contributed by atoms with Crippen molar-refractivity contribution in [2.75, 3.05) is 47.5 Å². The number of ether oxygens (including phenoxy) is 3. The maximum atomic E-state index is 12.7. The van der Waals surface area contributed by atoms with Gasteiger partial charge in [0.15, 0.2) is 6.10 Å². The number of rotatable bonds is 37. The molecule has 1 fully saturated rings. The number of likely N-dealkylation sites (N-methyl/N-ethyl adjacent to an activating group) is 1. The van der Waals surface area contributed by atoms with Crippen LogP contribution in [0.2, 0.25) is 0 Å². The Kier molecular flexibility index (Phi) is 32.6. The number of hydrogen-bond donors (Lipinski definition) is 1. The first-order valence-electron chi connectivity index (χ1n) is 22.1. The van der Waals surface area contributed by atoms with Crippen LogP contribution in [0, 0.1) is 0 Å². The van der Waals surface area contributed by atoms with Gasteiger partial charge < -0.3 is 23.6 Å². The molecule has 0 bridgehead atoms. The van der Waals surface area contributed by atoms with Gasteiger partial charge in [-0.2, -0.15) is 0 Å². The second kappa shape index (κ2) is 35.6. The van der Waals surface area contributed by atoms with E-state index in [-0.39, 0.29) is 38.3 Å². The Hall–Kier alpha value is -3.11. The maximum absolute atomic E-state index is 12.7. The van der Waals surface area contributed by atoms with Crippen LogP contribution in [0.25, 0.3) is 0 Å². The number of nitrogens with zero attached hydrogens (tertiary/aromatic N) is 1. The van der Waals surface area contributed by atoms with Gasteiger partial charge in [0.1, 0.15) is 19.8 Å². The van der Waals surface area contributed by atoms with Crippen LogP contribution < -0.4 is 0 Å². The average molecular weight is 845 g/mol. The van der Waals surface area contributed by atoms with Gasteiger partial charge >= 0.3 is 19.8 Å². The number of phosphoric acid groups is 1. The number of hydrogen-bond acceptors (Lipinski definition) is 8. The fraction of sp³-hybridized carbons (Fsp3) is 0.625. The highest BCUT2D eigenvalue weighted by Crippen LogP contribution is 2.43. The summed E-state index contributed by atoms with van der Waals surface area (Å²) in [6.45, 7) is 4.09. The van der Waals surface area contributed by atoms with Crippen molar-refractivity contribution in [2.45, 2.75) is 148 Å². The molecule has 10 nitrogen and oxygen atoms in total. The summed E-state index contributed by atoms with van der Waals surface area (Å²) in [7, 11) is 1.38. The fourth-order valence-corrected chi connectivity index (χ4v) is 6.23. The minimum atomic E-state index is -4.42. The van der Waals surface area contributed by atoms with Crippen LogP contribution in [0.1, 0.15) is 129 Å². The number of unbranched alkanes of at least 4 members (excludes halogenated alkanes) is 4. The molecule has 0 aromatic rings. The van der Waals surface area contributed by atoms with Crippen molar-refractivity contribution in [1.82, 2.24) is 0 Å². The third-order valence-corrected chi connectivity index (χ3v) is 10.0. The molecule has 1 saturated heterocycles. The molecule has 1 aliphatic rings. The smallest absolute Gasteiger partial charge is 0.462 e. The summed E-state index contributed by atoms with van der Waals surface area (Å²) in [4.78, 5) is 35.5. The van der Waals surface area contributed by atoms with E-state index in [1.54, 1.807) is 0 Å². The van der Waals surface area contributed by atoms with Crippen molar-refractivity contribution >= 4 is 19.8 Å². The molecule has 1 heterocycles. The molecule has 0 aromatic carbocycles. The van der Waals surface area contributed by atoms with Gasteiger partial charge in [0.05, 0.1) is 40.0 Å². The summed E-state index contributed by atoms with van der Waals surface area (Å²) in [6.07, 6.45) is 49.1. The third kappa shape index (κ3) is 36.5. The summed E-state index contributed by atoms with van der Waals surface area (Å²) in [5.41, 5.74) is 0. The third-order valence-electron chi connectivity index (χ3n) is 9.02. The SMILES string of the molecule is CC/C=C\C/C=C\C/C=C\C/C=C\C/C=C\CCCC(=O)O[C@H](COC(=O)CCCC1OC1C/C=C\C/C=C\C/C=C\CCCCC)COP(=O)(O)OCC[N+](C)(C)C.